The van der Waals surface area contributed by atoms with Crippen LogP contribution < -0.4 is 20.1 Å². The van der Waals surface area contributed by atoms with Crippen LogP contribution in [0.25, 0.3) is 11.4 Å². The van der Waals surface area contributed by atoms with Crippen molar-refractivity contribution in [3.63, 3.8) is 0 Å². The summed E-state index contributed by atoms with van der Waals surface area (Å²) in [5.74, 6) is -5.80. The highest BCUT2D eigenvalue weighted by atomic mass is 19.1. The lowest BCUT2D eigenvalue weighted by Gasteiger charge is -2.26. The minimum absolute atomic E-state index is 0.0737. The van der Waals surface area contributed by atoms with Gasteiger partial charge in [-0.2, -0.15) is 13.8 Å². The van der Waals surface area contributed by atoms with Gasteiger partial charge in [0.2, 0.25) is 11.6 Å². The van der Waals surface area contributed by atoms with Crippen molar-refractivity contribution >= 4 is 17.5 Å². The SMILES string of the molecule is CN(C)CCN(CC(=O)O)c1c(F)c(Oc2cccc(-c3nccn3C)c2)nc(Oc2cc(C(=N)N)ccc2O)c1F. The molecule has 0 atom stereocenters. The van der Waals surface area contributed by atoms with Crippen LogP contribution in [0, 0.1) is 17.0 Å². The van der Waals surface area contributed by atoms with Crippen LogP contribution in [0.3, 0.4) is 0 Å². The molecule has 0 aliphatic heterocycles. The molecule has 0 unspecified atom stereocenters. The Morgan fingerprint density at radius 2 is 1.81 bits per heavy atom. The predicted molar refractivity (Wildman–Crippen MR) is 150 cm³/mol. The Morgan fingerprint density at radius 3 is 2.43 bits per heavy atom. The lowest BCUT2D eigenvalue weighted by Crippen LogP contribution is -2.37. The van der Waals surface area contributed by atoms with Crippen LogP contribution in [0.1, 0.15) is 5.56 Å². The number of nitrogens with one attached hydrogen (secondary N) is 1. The van der Waals surface area contributed by atoms with E-state index in [-0.39, 0.29) is 36.0 Å². The number of hydrogen-bond donors (Lipinski definition) is 4. The number of carbonyl (C=O) groups is 1. The third kappa shape index (κ3) is 6.72. The Morgan fingerprint density at radius 1 is 1.10 bits per heavy atom. The zero-order valence-corrected chi connectivity index (χ0v) is 23.0. The van der Waals surface area contributed by atoms with E-state index in [9.17, 15) is 15.0 Å². The molecule has 5 N–H and O–H groups in total. The first-order chi connectivity index (χ1) is 19.9. The van der Waals surface area contributed by atoms with Crippen molar-refractivity contribution in [2.75, 3.05) is 38.6 Å². The van der Waals surface area contributed by atoms with E-state index in [1.54, 1.807) is 61.2 Å². The number of likely N-dealkylation sites (N-methyl/N-ethyl adjacent to an activating group) is 1. The zero-order chi connectivity index (χ0) is 30.6. The average Bonchev–Trinajstić information content (AvgIpc) is 3.36. The zero-order valence-electron chi connectivity index (χ0n) is 23.0. The first kappa shape index (κ1) is 29.7. The molecular formula is C28H29F2N7O5. The molecule has 0 bridgehead atoms. The minimum Gasteiger partial charge on any atom is -0.504 e. The fourth-order valence-electron chi connectivity index (χ4n) is 3.98. The number of imidazole rings is 1. The number of nitrogens with zero attached hydrogens (tertiary/aromatic N) is 5. The molecule has 220 valence electrons. The van der Waals surface area contributed by atoms with Gasteiger partial charge in [-0.1, -0.05) is 12.1 Å². The highest BCUT2D eigenvalue weighted by Crippen LogP contribution is 2.40. The number of benzene rings is 2. The molecule has 2 aromatic carbocycles. The number of phenolic OH excluding ortho intramolecular Hbond substituents is 1. The van der Waals surface area contributed by atoms with Crippen LogP contribution in [0.4, 0.5) is 14.5 Å². The summed E-state index contributed by atoms with van der Waals surface area (Å²) in [4.78, 5) is 22.6. The maximum atomic E-state index is 16.0. The van der Waals surface area contributed by atoms with E-state index < -0.39 is 47.3 Å². The molecule has 0 radical (unpaired) electrons. The number of aromatic nitrogens is 3. The minimum atomic E-state index is -1.33. The van der Waals surface area contributed by atoms with E-state index in [4.69, 9.17) is 20.6 Å². The smallest absolute Gasteiger partial charge is 0.323 e. The lowest BCUT2D eigenvalue weighted by molar-refractivity contribution is -0.135. The number of aromatic hydroxyl groups is 1. The summed E-state index contributed by atoms with van der Waals surface area (Å²) in [6.45, 7) is -0.561. The summed E-state index contributed by atoms with van der Waals surface area (Å²) in [6.07, 6.45) is 3.36. The van der Waals surface area contributed by atoms with Gasteiger partial charge in [0.25, 0.3) is 11.8 Å². The Hall–Kier alpha value is -5.24. The lowest BCUT2D eigenvalue weighted by atomic mass is 10.2. The van der Waals surface area contributed by atoms with Gasteiger partial charge in [0.15, 0.2) is 11.5 Å². The number of aliphatic carboxylic acids is 1. The quantitative estimate of drug-likeness (QED) is 0.143. The van der Waals surface area contributed by atoms with Crippen LogP contribution >= 0.6 is 0 Å². The van der Waals surface area contributed by atoms with E-state index in [0.717, 1.165) is 4.90 Å². The Kier molecular flexibility index (Phi) is 8.86. The monoisotopic (exact) mass is 581 g/mol. The molecule has 0 aliphatic rings. The third-order valence-electron chi connectivity index (χ3n) is 6.06. The number of hydrogen-bond acceptors (Lipinski definition) is 9. The van der Waals surface area contributed by atoms with Crippen molar-refractivity contribution in [2.24, 2.45) is 12.8 Å². The summed E-state index contributed by atoms with van der Waals surface area (Å²) in [6, 6.07) is 10.2. The highest BCUT2D eigenvalue weighted by molar-refractivity contribution is 5.95. The van der Waals surface area contributed by atoms with Crippen LogP contribution in [0.2, 0.25) is 0 Å². The molecule has 42 heavy (non-hydrogen) atoms. The predicted octanol–water partition coefficient (Wildman–Crippen LogP) is 3.79. The van der Waals surface area contributed by atoms with Crippen LogP contribution in [-0.2, 0) is 11.8 Å². The van der Waals surface area contributed by atoms with Crippen LogP contribution in [0.15, 0.2) is 54.9 Å². The van der Waals surface area contributed by atoms with Crippen LogP contribution in [-0.4, -0.2) is 75.2 Å². The van der Waals surface area contributed by atoms with Gasteiger partial charge >= 0.3 is 5.97 Å². The highest BCUT2D eigenvalue weighted by Gasteiger charge is 2.29. The van der Waals surface area contributed by atoms with Crippen molar-refractivity contribution in [1.82, 2.24) is 19.4 Å². The number of pyridine rings is 1. The molecule has 4 rings (SSSR count). The van der Waals surface area contributed by atoms with Gasteiger partial charge in [-0.05, 0) is 44.4 Å². The van der Waals surface area contributed by atoms with Gasteiger partial charge in [0.05, 0.1) is 0 Å². The molecule has 0 fully saturated rings. The summed E-state index contributed by atoms with van der Waals surface area (Å²) >= 11 is 0. The Bertz CT molecular complexity index is 1630. The van der Waals surface area contributed by atoms with Gasteiger partial charge in [0, 0.05) is 43.7 Å². The number of carboxylic acids is 1. The molecule has 2 heterocycles. The molecule has 4 aromatic rings. The fraction of sp³-hybridized carbons (Fsp3) is 0.214. The molecule has 2 aromatic heterocycles. The van der Waals surface area contributed by atoms with E-state index in [1.165, 1.54) is 24.3 Å². The number of aryl methyl sites for hydroxylation is 1. The maximum Gasteiger partial charge on any atom is 0.323 e. The topological polar surface area (TPSA) is 163 Å². The molecule has 0 aliphatic carbocycles. The Labute approximate surface area is 239 Å². The molecule has 14 heteroatoms. The van der Waals surface area contributed by atoms with Gasteiger partial charge in [-0.25, -0.2) is 4.98 Å². The molecule has 12 nitrogen and oxygen atoms in total. The van der Waals surface area contributed by atoms with E-state index >= 15 is 8.78 Å². The number of rotatable bonds is 12. The van der Waals surface area contributed by atoms with Crippen molar-refractivity contribution in [3.05, 3.63) is 72.1 Å². The number of amidine groups is 1. The largest absolute Gasteiger partial charge is 0.504 e. The van der Waals surface area contributed by atoms with Crippen molar-refractivity contribution in [1.29, 1.82) is 5.41 Å². The van der Waals surface area contributed by atoms with E-state index in [2.05, 4.69) is 9.97 Å². The van der Waals surface area contributed by atoms with Gasteiger partial charge in [-0.3, -0.25) is 10.2 Å². The van der Waals surface area contributed by atoms with Crippen molar-refractivity contribution in [3.8, 4) is 40.4 Å². The summed E-state index contributed by atoms with van der Waals surface area (Å²) in [5, 5.41) is 27.5. The average molecular weight is 582 g/mol. The summed E-state index contributed by atoms with van der Waals surface area (Å²) in [7, 11) is 5.25. The van der Waals surface area contributed by atoms with E-state index in [1.807, 2.05) is 0 Å². The number of phenols is 1. The van der Waals surface area contributed by atoms with Gasteiger partial charge < -0.3 is 39.8 Å². The number of nitrogen functional groups attached to an aromatic ring is 1. The second kappa shape index (κ2) is 12.5. The summed E-state index contributed by atoms with van der Waals surface area (Å²) < 4.78 is 45.1. The third-order valence-corrected chi connectivity index (χ3v) is 6.06. The van der Waals surface area contributed by atoms with Crippen LogP contribution in [0.5, 0.6) is 29.0 Å². The second-order valence-corrected chi connectivity index (χ2v) is 9.51. The number of nitrogens with two attached hydrogens (primary N) is 1. The van der Waals surface area contributed by atoms with Crippen molar-refractivity contribution < 1.29 is 33.3 Å². The first-order valence-corrected chi connectivity index (χ1v) is 12.6. The standard InChI is InChI=1S/C28H29F2N7O5/c1-35(2)11-12-37(15-21(39)40)24-22(29)27(41-18-6-4-5-17(13-18)26-33-9-10-36(26)3)34-28(23(24)30)42-20-14-16(25(31)32)7-8-19(20)38/h4-10,13-14,38H,11-12,15H2,1-3H3,(H3,31,32)(H,39,40). The summed E-state index contributed by atoms with van der Waals surface area (Å²) in [5.41, 5.74) is 5.58. The Balaban J connectivity index is 1.84. The molecular weight excluding hydrogens is 552 g/mol. The van der Waals surface area contributed by atoms with E-state index in [0.29, 0.717) is 11.4 Å². The number of halogens is 2. The first-order valence-electron chi connectivity index (χ1n) is 12.6. The molecule has 0 saturated heterocycles. The van der Waals surface area contributed by atoms with Gasteiger partial charge in [-0.15, -0.1) is 0 Å². The molecule has 0 amide bonds. The second-order valence-electron chi connectivity index (χ2n) is 9.51. The van der Waals surface area contributed by atoms with Crippen molar-refractivity contribution in [2.45, 2.75) is 0 Å². The maximum absolute atomic E-state index is 16.0. The number of carboxylic acid groups (broad SMARTS) is 1. The normalized spacial score (nSPS) is 11.0. The number of anilines is 1. The van der Waals surface area contributed by atoms with Gasteiger partial charge in [0.1, 0.15) is 29.6 Å². The molecule has 0 saturated carbocycles. The molecule has 0 spiro atoms. The number of ether oxygens (including phenoxy) is 2. The fourth-order valence-corrected chi connectivity index (χ4v) is 3.98.